The summed E-state index contributed by atoms with van der Waals surface area (Å²) >= 11 is 6.20. The van der Waals surface area contributed by atoms with E-state index in [0.717, 1.165) is 24.1 Å². The number of rotatable bonds is 7. The minimum Gasteiger partial charge on any atom is -0.403 e. The van der Waals surface area contributed by atoms with Gasteiger partial charge in [-0.1, -0.05) is 29.8 Å². The number of nitrogens with zero attached hydrogens (tertiary/aromatic N) is 2. The Morgan fingerprint density at radius 1 is 1.11 bits per heavy atom. The van der Waals surface area contributed by atoms with Gasteiger partial charge < -0.3 is 15.0 Å². The summed E-state index contributed by atoms with van der Waals surface area (Å²) in [4.78, 5) is 18.8. The van der Waals surface area contributed by atoms with E-state index < -0.39 is 11.9 Å². The van der Waals surface area contributed by atoms with Crippen molar-refractivity contribution in [1.29, 1.82) is 0 Å². The molecule has 2 heterocycles. The van der Waals surface area contributed by atoms with Crippen LogP contribution in [0.5, 0.6) is 5.75 Å². The lowest BCUT2D eigenvalue weighted by atomic mass is 9.90. The molecule has 0 bridgehead atoms. The average Bonchev–Trinajstić information content (AvgIpc) is 3.59. The first-order valence-corrected chi connectivity index (χ1v) is 12.6. The van der Waals surface area contributed by atoms with Gasteiger partial charge in [-0.2, -0.15) is 0 Å². The monoisotopic (exact) mass is 529 g/mol. The van der Waals surface area contributed by atoms with Crippen LogP contribution in [0.1, 0.15) is 56.7 Å². The quantitative estimate of drug-likeness (QED) is 0.341. The predicted molar refractivity (Wildman–Crippen MR) is 138 cm³/mol. The van der Waals surface area contributed by atoms with E-state index in [4.69, 9.17) is 11.6 Å². The topological polar surface area (TPSA) is 54.5 Å². The minimum absolute atomic E-state index is 0.0741. The summed E-state index contributed by atoms with van der Waals surface area (Å²) < 4.78 is 45.9. The van der Waals surface area contributed by atoms with E-state index in [0.29, 0.717) is 41.6 Å². The summed E-state index contributed by atoms with van der Waals surface area (Å²) in [5.74, 6) is -0.108. The lowest BCUT2D eigenvalue weighted by Gasteiger charge is -2.32. The Labute approximate surface area is 218 Å². The smallest absolute Gasteiger partial charge is 0.403 e. The number of amides is 1. The van der Waals surface area contributed by atoms with Crippen molar-refractivity contribution in [2.75, 3.05) is 16.8 Å². The van der Waals surface area contributed by atoms with E-state index in [1.807, 2.05) is 26.0 Å². The number of hydrogen-bond donors (Lipinski definition) is 1. The van der Waals surface area contributed by atoms with E-state index in [9.17, 15) is 18.0 Å². The zero-order chi connectivity index (χ0) is 26.4. The van der Waals surface area contributed by atoms with Crippen LogP contribution in [0.4, 0.5) is 24.5 Å². The Kier molecular flexibility index (Phi) is 6.56. The van der Waals surface area contributed by atoms with Gasteiger partial charge in [-0.05, 0) is 74.6 Å². The van der Waals surface area contributed by atoms with Crippen LogP contribution in [0.2, 0.25) is 5.02 Å². The molecule has 9 heteroatoms. The van der Waals surface area contributed by atoms with Crippen molar-refractivity contribution in [3.05, 3.63) is 71.0 Å². The van der Waals surface area contributed by atoms with E-state index in [1.165, 1.54) is 0 Å². The average molecular weight is 530 g/mol. The number of alkyl halides is 3. The summed E-state index contributed by atoms with van der Waals surface area (Å²) in [6, 6.07) is 13.5. The van der Waals surface area contributed by atoms with Gasteiger partial charge in [0, 0.05) is 47.0 Å². The molecule has 194 valence electrons. The van der Waals surface area contributed by atoms with Gasteiger partial charge in [0.25, 0.3) is 0 Å². The van der Waals surface area contributed by atoms with Crippen molar-refractivity contribution in [2.45, 2.75) is 57.3 Å². The number of ether oxygens (including phenoxy) is 1. The molecule has 3 aromatic rings. The molecule has 5 rings (SSSR count). The number of aromatic nitrogens is 1. The van der Waals surface area contributed by atoms with Crippen molar-refractivity contribution in [1.82, 2.24) is 4.98 Å². The first-order valence-electron chi connectivity index (χ1n) is 12.3. The second-order valence-corrected chi connectivity index (χ2v) is 10.5. The number of carbonyl (C=O) groups is 1. The van der Waals surface area contributed by atoms with Crippen molar-refractivity contribution in [3.63, 3.8) is 0 Å². The Balaban J connectivity index is 1.68. The van der Waals surface area contributed by atoms with Gasteiger partial charge in [0.2, 0.25) is 5.91 Å². The Bertz CT molecular complexity index is 1340. The SMILES string of the molecule is CC(C)(Nc1cc(N2CCCC2=O)cc(-c2cccc(Cl)c2)c1OC(F)(F)F)c1cccnc1C1CC1. The highest BCUT2D eigenvalue weighted by Crippen LogP contribution is 2.47. The number of pyridine rings is 1. The Hall–Kier alpha value is -3.26. The maximum absolute atomic E-state index is 13.7. The summed E-state index contributed by atoms with van der Waals surface area (Å²) in [6.07, 6.45) is -0.0561. The molecule has 0 spiro atoms. The third kappa shape index (κ3) is 5.54. The number of anilines is 2. The van der Waals surface area contributed by atoms with Crippen molar-refractivity contribution in [2.24, 2.45) is 0 Å². The predicted octanol–water partition coefficient (Wildman–Crippen LogP) is 7.65. The van der Waals surface area contributed by atoms with Crippen molar-refractivity contribution in [3.8, 4) is 16.9 Å². The summed E-state index contributed by atoms with van der Waals surface area (Å²) in [5.41, 5.74) is 2.31. The highest BCUT2D eigenvalue weighted by atomic mass is 35.5. The normalized spacial score (nSPS) is 16.3. The molecule has 1 amide bonds. The van der Waals surface area contributed by atoms with Gasteiger partial charge in [0.1, 0.15) is 0 Å². The molecular weight excluding hydrogens is 503 g/mol. The van der Waals surface area contributed by atoms with Gasteiger partial charge in [-0.3, -0.25) is 9.78 Å². The molecule has 2 aromatic carbocycles. The first kappa shape index (κ1) is 25.4. The molecule has 1 saturated heterocycles. The molecular formula is C28H27ClF3N3O2. The molecule has 2 fully saturated rings. The molecule has 2 aliphatic rings. The zero-order valence-electron chi connectivity index (χ0n) is 20.5. The van der Waals surface area contributed by atoms with Crippen LogP contribution in [0.3, 0.4) is 0 Å². The first-order chi connectivity index (χ1) is 17.5. The number of hydrogen-bond acceptors (Lipinski definition) is 4. The van der Waals surface area contributed by atoms with E-state index in [1.54, 1.807) is 47.5 Å². The molecule has 0 unspecified atom stereocenters. The highest BCUT2D eigenvalue weighted by Gasteiger charge is 2.37. The minimum atomic E-state index is -4.94. The van der Waals surface area contributed by atoms with E-state index in [-0.39, 0.29) is 22.9 Å². The highest BCUT2D eigenvalue weighted by molar-refractivity contribution is 6.30. The number of nitrogens with one attached hydrogen (secondary N) is 1. The molecule has 1 N–H and O–H groups in total. The molecule has 1 saturated carbocycles. The number of benzene rings is 2. The third-order valence-corrected chi connectivity index (χ3v) is 6.97. The zero-order valence-corrected chi connectivity index (χ0v) is 21.3. The second-order valence-electron chi connectivity index (χ2n) is 10.0. The van der Waals surface area contributed by atoms with Crippen LogP contribution >= 0.6 is 11.6 Å². The van der Waals surface area contributed by atoms with Crippen LogP contribution in [0.15, 0.2) is 54.7 Å². The Morgan fingerprint density at radius 3 is 2.54 bits per heavy atom. The van der Waals surface area contributed by atoms with E-state index in [2.05, 4.69) is 15.0 Å². The third-order valence-electron chi connectivity index (χ3n) is 6.74. The summed E-state index contributed by atoms with van der Waals surface area (Å²) in [6.45, 7) is 4.30. The Morgan fingerprint density at radius 2 is 1.89 bits per heavy atom. The van der Waals surface area contributed by atoms with Gasteiger partial charge in [0.05, 0.1) is 11.2 Å². The van der Waals surface area contributed by atoms with Crippen LogP contribution in [0, 0.1) is 0 Å². The molecule has 37 heavy (non-hydrogen) atoms. The number of carbonyl (C=O) groups excluding carboxylic acids is 1. The lowest BCUT2D eigenvalue weighted by molar-refractivity contribution is -0.274. The van der Waals surface area contributed by atoms with Gasteiger partial charge >= 0.3 is 6.36 Å². The maximum atomic E-state index is 13.7. The molecule has 5 nitrogen and oxygen atoms in total. The largest absolute Gasteiger partial charge is 0.573 e. The molecule has 1 aliphatic carbocycles. The lowest BCUT2D eigenvalue weighted by Crippen LogP contribution is -2.31. The fourth-order valence-electron chi connectivity index (χ4n) is 4.91. The van der Waals surface area contributed by atoms with Gasteiger partial charge in [-0.25, -0.2) is 0 Å². The fraction of sp³-hybridized carbons (Fsp3) is 0.357. The standard InChI is InChI=1S/C28H27ClF3N3O2/c1-27(2,22-8-4-12-33-25(22)17-10-11-17)34-23-16-20(35-13-5-9-24(35)36)15-21(26(23)37-28(30,31)32)18-6-3-7-19(29)14-18/h3-4,6-8,12,14-17,34H,5,9-11,13H2,1-2H3. The van der Waals surface area contributed by atoms with E-state index >= 15 is 0 Å². The van der Waals surface area contributed by atoms with Crippen molar-refractivity contribution >= 4 is 28.9 Å². The van der Waals surface area contributed by atoms with Crippen LogP contribution < -0.4 is 15.0 Å². The molecule has 0 radical (unpaired) electrons. The van der Waals surface area contributed by atoms with Crippen LogP contribution in [-0.4, -0.2) is 23.8 Å². The number of halogens is 4. The summed E-state index contributed by atoms with van der Waals surface area (Å²) in [5, 5.41) is 3.69. The maximum Gasteiger partial charge on any atom is 0.573 e. The summed E-state index contributed by atoms with van der Waals surface area (Å²) in [7, 11) is 0. The van der Waals surface area contributed by atoms with Gasteiger partial charge in [0.15, 0.2) is 5.75 Å². The van der Waals surface area contributed by atoms with Gasteiger partial charge in [-0.15, -0.1) is 13.2 Å². The molecule has 1 aliphatic heterocycles. The van der Waals surface area contributed by atoms with Crippen LogP contribution in [-0.2, 0) is 10.3 Å². The van der Waals surface area contributed by atoms with Crippen molar-refractivity contribution < 1.29 is 22.7 Å². The van der Waals surface area contributed by atoms with Crippen LogP contribution in [0.25, 0.3) is 11.1 Å². The molecule has 1 aromatic heterocycles. The second kappa shape index (κ2) is 9.56. The molecule has 0 atom stereocenters. The fourth-order valence-corrected chi connectivity index (χ4v) is 5.10.